The summed E-state index contributed by atoms with van der Waals surface area (Å²) in [5.74, 6) is -1.13. The molecular weight excluding hydrogens is 142 g/mol. The Hall–Kier alpha value is 0.210. The molecule has 0 heterocycles. The van der Waals surface area contributed by atoms with Crippen LogP contribution in [-0.2, 0) is 0 Å². The predicted molar refractivity (Wildman–Crippen MR) is 36.1 cm³/mol. The van der Waals surface area contributed by atoms with E-state index in [2.05, 4.69) is 0 Å². The van der Waals surface area contributed by atoms with E-state index in [0.717, 1.165) is 5.75 Å². The van der Waals surface area contributed by atoms with E-state index in [4.69, 9.17) is 0 Å². The second kappa shape index (κ2) is 2.45. The zero-order valence-corrected chi connectivity index (χ0v) is 6.18. The molecule has 3 heteroatoms. The monoisotopic (exact) mass is 152 g/mol. The van der Waals surface area contributed by atoms with Crippen molar-refractivity contribution in [1.29, 1.82) is 0 Å². The highest BCUT2D eigenvalue weighted by Gasteiger charge is 2.44. The Labute approximate surface area is 58.0 Å². The van der Waals surface area contributed by atoms with Crippen molar-refractivity contribution in [3.63, 3.8) is 0 Å². The van der Waals surface area contributed by atoms with Gasteiger partial charge in [-0.2, -0.15) is 11.8 Å². The average molecular weight is 152 g/mol. The van der Waals surface area contributed by atoms with Crippen LogP contribution in [0.2, 0.25) is 0 Å². The molecule has 0 spiro atoms. The van der Waals surface area contributed by atoms with Crippen LogP contribution in [0.4, 0.5) is 8.78 Å². The molecule has 0 aromatic heterocycles. The van der Waals surface area contributed by atoms with Crippen LogP contribution in [-0.4, -0.2) is 17.9 Å². The predicted octanol–water partition coefficient (Wildman–Crippen LogP) is 2.39. The summed E-state index contributed by atoms with van der Waals surface area (Å²) in [4.78, 5) is 0. The third-order valence-electron chi connectivity index (χ3n) is 1.58. The maximum atomic E-state index is 12.1. The Morgan fingerprint density at radius 2 is 2.11 bits per heavy atom. The minimum Gasteiger partial charge on any atom is -0.207 e. The standard InChI is InChI=1S/C6H10F2S/c1-9-4-5-2-6(7,8)3-5/h5H,2-4H2,1H3. The zero-order chi connectivity index (χ0) is 6.91. The highest BCUT2D eigenvalue weighted by atomic mass is 32.2. The number of hydrogen-bond acceptors (Lipinski definition) is 1. The molecule has 0 aromatic carbocycles. The van der Waals surface area contributed by atoms with Gasteiger partial charge in [0.1, 0.15) is 0 Å². The summed E-state index contributed by atoms with van der Waals surface area (Å²) >= 11 is 1.65. The second-order valence-electron chi connectivity index (χ2n) is 2.59. The van der Waals surface area contributed by atoms with Crippen LogP contribution in [0, 0.1) is 5.92 Å². The summed E-state index contributed by atoms with van der Waals surface area (Å²) in [6.45, 7) is 0. The summed E-state index contributed by atoms with van der Waals surface area (Å²) < 4.78 is 24.2. The van der Waals surface area contributed by atoms with Crippen molar-refractivity contribution in [3.8, 4) is 0 Å². The third kappa shape index (κ3) is 1.81. The van der Waals surface area contributed by atoms with E-state index in [0.29, 0.717) is 0 Å². The molecule has 0 aliphatic heterocycles. The molecule has 0 nitrogen and oxygen atoms in total. The maximum absolute atomic E-state index is 12.1. The summed E-state index contributed by atoms with van der Waals surface area (Å²) in [5.41, 5.74) is 0. The molecule has 54 valence electrons. The molecule has 0 aromatic rings. The van der Waals surface area contributed by atoms with Crippen LogP contribution < -0.4 is 0 Å². The number of alkyl halides is 2. The molecule has 0 saturated heterocycles. The maximum Gasteiger partial charge on any atom is 0.248 e. The van der Waals surface area contributed by atoms with Crippen molar-refractivity contribution >= 4 is 11.8 Å². The Kier molecular flexibility index (Phi) is 1.99. The minimum absolute atomic E-state index is 0.119. The fourth-order valence-electron chi connectivity index (χ4n) is 1.14. The summed E-state index contributed by atoms with van der Waals surface area (Å²) in [5, 5.41) is 0. The zero-order valence-electron chi connectivity index (χ0n) is 5.36. The molecule has 1 aliphatic rings. The van der Waals surface area contributed by atoms with Crippen LogP contribution in [0.1, 0.15) is 12.8 Å². The molecule has 1 fully saturated rings. The first-order valence-electron chi connectivity index (χ1n) is 3.01. The summed E-state index contributed by atoms with van der Waals surface area (Å²) in [6.07, 6.45) is 2.19. The molecule has 0 atom stereocenters. The molecular formula is C6H10F2S. The molecule has 0 unspecified atom stereocenters. The largest absolute Gasteiger partial charge is 0.248 e. The van der Waals surface area contributed by atoms with Crippen molar-refractivity contribution < 1.29 is 8.78 Å². The lowest BCUT2D eigenvalue weighted by Gasteiger charge is -2.34. The lowest BCUT2D eigenvalue weighted by molar-refractivity contribution is -0.103. The van der Waals surface area contributed by atoms with Gasteiger partial charge in [-0.15, -0.1) is 0 Å². The Bertz CT molecular complexity index is 95.2. The van der Waals surface area contributed by atoms with E-state index >= 15 is 0 Å². The third-order valence-corrected chi connectivity index (χ3v) is 2.38. The lowest BCUT2D eigenvalue weighted by Crippen LogP contribution is -2.36. The molecule has 1 rings (SSSR count). The highest BCUT2D eigenvalue weighted by Crippen LogP contribution is 2.43. The van der Waals surface area contributed by atoms with Gasteiger partial charge in [0.15, 0.2) is 0 Å². The number of rotatable bonds is 2. The quantitative estimate of drug-likeness (QED) is 0.585. The van der Waals surface area contributed by atoms with Gasteiger partial charge in [0.05, 0.1) is 0 Å². The van der Waals surface area contributed by atoms with Gasteiger partial charge in [0.25, 0.3) is 0 Å². The van der Waals surface area contributed by atoms with Gasteiger partial charge in [0, 0.05) is 12.8 Å². The van der Waals surface area contributed by atoms with E-state index in [9.17, 15) is 8.78 Å². The van der Waals surface area contributed by atoms with Gasteiger partial charge in [-0.25, -0.2) is 8.78 Å². The molecule has 0 amide bonds. The molecule has 0 N–H and O–H groups in total. The van der Waals surface area contributed by atoms with Gasteiger partial charge < -0.3 is 0 Å². The van der Waals surface area contributed by atoms with Crippen LogP contribution in [0.5, 0.6) is 0 Å². The van der Waals surface area contributed by atoms with Crippen molar-refractivity contribution in [2.45, 2.75) is 18.8 Å². The van der Waals surface area contributed by atoms with Crippen molar-refractivity contribution in [1.82, 2.24) is 0 Å². The van der Waals surface area contributed by atoms with Crippen LogP contribution in [0.3, 0.4) is 0 Å². The first-order valence-corrected chi connectivity index (χ1v) is 4.40. The average Bonchev–Trinajstić information content (AvgIpc) is 1.62. The minimum atomic E-state index is -2.32. The van der Waals surface area contributed by atoms with Crippen molar-refractivity contribution in [2.75, 3.05) is 12.0 Å². The van der Waals surface area contributed by atoms with Crippen LogP contribution in [0.15, 0.2) is 0 Å². The summed E-state index contributed by atoms with van der Waals surface area (Å²) in [6, 6.07) is 0. The van der Waals surface area contributed by atoms with E-state index in [1.54, 1.807) is 11.8 Å². The normalized spacial score (nSPS) is 25.7. The molecule has 0 bridgehead atoms. The smallest absolute Gasteiger partial charge is 0.207 e. The van der Waals surface area contributed by atoms with Gasteiger partial charge in [0.2, 0.25) is 5.92 Å². The van der Waals surface area contributed by atoms with E-state index < -0.39 is 5.92 Å². The summed E-state index contributed by atoms with van der Waals surface area (Å²) in [7, 11) is 0. The van der Waals surface area contributed by atoms with Crippen LogP contribution >= 0.6 is 11.8 Å². The van der Waals surface area contributed by atoms with Gasteiger partial charge in [-0.1, -0.05) is 0 Å². The molecule has 0 radical (unpaired) electrons. The highest BCUT2D eigenvalue weighted by molar-refractivity contribution is 7.98. The number of halogens is 2. The van der Waals surface area contributed by atoms with Gasteiger partial charge in [-0.3, -0.25) is 0 Å². The van der Waals surface area contributed by atoms with Gasteiger partial charge in [-0.05, 0) is 17.9 Å². The fraction of sp³-hybridized carbons (Fsp3) is 1.00. The number of hydrogen-bond donors (Lipinski definition) is 0. The van der Waals surface area contributed by atoms with Crippen molar-refractivity contribution in [3.05, 3.63) is 0 Å². The Morgan fingerprint density at radius 1 is 1.56 bits per heavy atom. The topological polar surface area (TPSA) is 0 Å². The van der Waals surface area contributed by atoms with E-state index in [1.165, 1.54) is 0 Å². The van der Waals surface area contributed by atoms with Crippen LogP contribution in [0.25, 0.3) is 0 Å². The molecule has 1 aliphatic carbocycles. The SMILES string of the molecule is CSCC1CC(F)(F)C1. The Morgan fingerprint density at radius 3 is 2.44 bits per heavy atom. The fourth-order valence-corrected chi connectivity index (χ4v) is 1.85. The van der Waals surface area contributed by atoms with E-state index in [1.807, 2.05) is 6.26 Å². The van der Waals surface area contributed by atoms with Crippen molar-refractivity contribution in [2.24, 2.45) is 5.92 Å². The van der Waals surface area contributed by atoms with Gasteiger partial charge >= 0.3 is 0 Å². The number of thioether (sulfide) groups is 1. The Balaban J connectivity index is 2.12. The lowest BCUT2D eigenvalue weighted by atomic mass is 9.83. The molecule has 9 heavy (non-hydrogen) atoms. The first-order chi connectivity index (χ1) is 4.14. The van der Waals surface area contributed by atoms with E-state index in [-0.39, 0.29) is 18.8 Å². The first kappa shape index (κ1) is 7.32. The molecule has 1 saturated carbocycles. The second-order valence-corrected chi connectivity index (χ2v) is 3.50.